The number of hydrogen-bond acceptors (Lipinski definition) is 4. The normalized spacial score (nSPS) is 14.1. The van der Waals surface area contributed by atoms with Crippen LogP contribution in [0.3, 0.4) is 0 Å². The fourth-order valence-corrected chi connectivity index (χ4v) is 3.73. The lowest BCUT2D eigenvalue weighted by atomic mass is 10.0. The van der Waals surface area contributed by atoms with Crippen molar-refractivity contribution in [2.45, 2.75) is 39.8 Å². The number of rotatable bonds is 3. The van der Waals surface area contributed by atoms with Gasteiger partial charge in [-0.05, 0) is 30.9 Å². The Morgan fingerprint density at radius 3 is 2.72 bits per heavy atom. The van der Waals surface area contributed by atoms with Gasteiger partial charge in [0.15, 0.2) is 5.52 Å². The highest BCUT2D eigenvalue weighted by molar-refractivity contribution is 5.77. The summed E-state index contributed by atoms with van der Waals surface area (Å²) >= 11 is 0. The van der Waals surface area contributed by atoms with Crippen LogP contribution in [0, 0.1) is 6.92 Å². The summed E-state index contributed by atoms with van der Waals surface area (Å²) in [7, 11) is 1.81. The lowest BCUT2D eigenvalue weighted by molar-refractivity contribution is 0.604. The summed E-state index contributed by atoms with van der Waals surface area (Å²) in [6, 6.07) is 8.51. The lowest BCUT2D eigenvalue weighted by Gasteiger charge is -2.31. The van der Waals surface area contributed by atoms with Crippen molar-refractivity contribution < 1.29 is 0 Å². The van der Waals surface area contributed by atoms with Crippen molar-refractivity contribution in [2.24, 2.45) is 7.05 Å². The van der Waals surface area contributed by atoms with Gasteiger partial charge in [-0.1, -0.05) is 31.2 Å². The minimum absolute atomic E-state index is 0.00353. The molecule has 0 spiro atoms. The number of anilines is 1. The summed E-state index contributed by atoms with van der Waals surface area (Å²) in [4.78, 5) is 20.2. The van der Waals surface area contributed by atoms with Gasteiger partial charge < -0.3 is 4.90 Å². The second-order valence-electron chi connectivity index (χ2n) is 6.72. The molecule has 3 aromatic rings. The van der Waals surface area contributed by atoms with Gasteiger partial charge in [0, 0.05) is 26.7 Å². The molecule has 25 heavy (non-hydrogen) atoms. The molecule has 1 aliphatic heterocycles. The van der Waals surface area contributed by atoms with Crippen molar-refractivity contribution in [3.63, 3.8) is 0 Å². The third kappa shape index (κ3) is 2.52. The Morgan fingerprint density at radius 2 is 1.96 bits per heavy atom. The lowest BCUT2D eigenvalue weighted by Crippen LogP contribution is -2.37. The molecule has 0 atom stereocenters. The molecular formula is C19H23N5O. The van der Waals surface area contributed by atoms with E-state index in [0.717, 1.165) is 37.6 Å². The van der Waals surface area contributed by atoms with Crippen molar-refractivity contribution in [3.05, 3.63) is 51.4 Å². The SMILES string of the molecule is CCCn1c(N2CCc3ccccc3C2)nc2c(C)nn(C)c2c1=O. The van der Waals surface area contributed by atoms with Gasteiger partial charge in [-0.15, -0.1) is 0 Å². The Bertz CT molecular complexity index is 1000. The molecular weight excluding hydrogens is 314 g/mol. The number of nitrogens with zero attached hydrogens (tertiary/aromatic N) is 5. The van der Waals surface area contributed by atoms with E-state index in [1.165, 1.54) is 11.1 Å². The Labute approximate surface area is 146 Å². The van der Waals surface area contributed by atoms with Gasteiger partial charge in [0.25, 0.3) is 5.56 Å². The average molecular weight is 337 g/mol. The minimum atomic E-state index is 0.00353. The number of benzene rings is 1. The summed E-state index contributed by atoms with van der Waals surface area (Å²) in [6.45, 7) is 6.32. The first-order chi connectivity index (χ1) is 12.1. The number of hydrogen-bond donors (Lipinski definition) is 0. The van der Waals surface area contributed by atoms with E-state index in [0.29, 0.717) is 17.6 Å². The molecule has 0 unspecified atom stereocenters. The summed E-state index contributed by atoms with van der Waals surface area (Å²) in [5.74, 6) is 0.768. The molecule has 4 rings (SSSR count). The Hall–Kier alpha value is -2.63. The van der Waals surface area contributed by atoms with E-state index in [1.807, 2.05) is 18.5 Å². The molecule has 130 valence electrons. The van der Waals surface area contributed by atoms with Crippen LogP contribution in [0.15, 0.2) is 29.1 Å². The molecule has 0 saturated heterocycles. The second-order valence-corrected chi connectivity index (χ2v) is 6.72. The van der Waals surface area contributed by atoms with Crippen LogP contribution in [-0.4, -0.2) is 25.9 Å². The Kier molecular flexibility index (Phi) is 3.82. The average Bonchev–Trinajstić information content (AvgIpc) is 2.91. The second kappa shape index (κ2) is 6.02. The van der Waals surface area contributed by atoms with Gasteiger partial charge in [0.1, 0.15) is 5.52 Å². The van der Waals surface area contributed by atoms with Crippen molar-refractivity contribution in [1.29, 1.82) is 0 Å². The van der Waals surface area contributed by atoms with E-state index >= 15 is 0 Å². The Morgan fingerprint density at radius 1 is 1.20 bits per heavy atom. The van der Waals surface area contributed by atoms with Crippen LogP contribution in [0.5, 0.6) is 0 Å². The highest BCUT2D eigenvalue weighted by Gasteiger charge is 2.23. The van der Waals surface area contributed by atoms with Gasteiger partial charge in [-0.25, -0.2) is 4.98 Å². The standard InChI is InChI=1S/C19H23N5O/c1-4-10-24-18(25)17-16(13(2)21-22(17)3)20-19(24)23-11-9-14-7-5-6-8-15(14)12-23/h5-8H,4,9-12H2,1-3H3. The smallest absolute Gasteiger partial charge is 0.281 e. The van der Waals surface area contributed by atoms with Gasteiger partial charge in [-0.3, -0.25) is 14.0 Å². The highest BCUT2D eigenvalue weighted by atomic mass is 16.1. The van der Waals surface area contributed by atoms with Gasteiger partial charge in [0.2, 0.25) is 5.95 Å². The highest BCUT2D eigenvalue weighted by Crippen LogP contribution is 2.24. The quantitative estimate of drug-likeness (QED) is 0.736. The molecule has 1 aromatic carbocycles. The molecule has 0 fully saturated rings. The molecule has 6 nitrogen and oxygen atoms in total. The maximum absolute atomic E-state index is 13.1. The zero-order valence-corrected chi connectivity index (χ0v) is 15.0. The third-order valence-electron chi connectivity index (χ3n) is 4.95. The molecule has 1 aliphatic rings. The van der Waals surface area contributed by atoms with E-state index in [4.69, 9.17) is 4.98 Å². The summed E-state index contributed by atoms with van der Waals surface area (Å²) < 4.78 is 3.47. The van der Waals surface area contributed by atoms with Crippen LogP contribution in [0.2, 0.25) is 0 Å². The van der Waals surface area contributed by atoms with Crippen LogP contribution in [-0.2, 0) is 26.6 Å². The molecule has 0 amide bonds. The van der Waals surface area contributed by atoms with E-state index in [-0.39, 0.29) is 5.56 Å². The topological polar surface area (TPSA) is 56.0 Å². The monoisotopic (exact) mass is 337 g/mol. The predicted molar refractivity (Wildman–Crippen MR) is 99.0 cm³/mol. The zero-order valence-electron chi connectivity index (χ0n) is 15.0. The van der Waals surface area contributed by atoms with Crippen LogP contribution in [0.4, 0.5) is 5.95 Å². The van der Waals surface area contributed by atoms with Crippen LogP contribution < -0.4 is 10.5 Å². The fraction of sp³-hybridized carbons (Fsp3) is 0.421. The maximum Gasteiger partial charge on any atom is 0.281 e. The van der Waals surface area contributed by atoms with Crippen molar-refractivity contribution in [3.8, 4) is 0 Å². The first-order valence-corrected chi connectivity index (χ1v) is 8.86. The van der Waals surface area contributed by atoms with E-state index in [2.05, 4.69) is 41.2 Å². The van der Waals surface area contributed by atoms with Crippen molar-refractivity contribution >= 4 is 17.0 Å². The summed E-state index contributed by atoms with van der Waals surface area (Å²) in [5, 5.41) is 4.40. The van der Waals surface area contributed by atoms with E-state index in [9.17, 15) is 4.79 Å². The number of aryl methyl sites for hydroxylation is 2. The first-order valence-electron chi connectivity index (χ1n) is 8.86. The molecule has 6 heteroatoms. The van der Waals surface area contributed by atoms with Crippen molar-refractivity contribution in [2.75, 3.05) is 11.4 Å². The van der Waals surface area contributed by atoms with Crippen LogP contribution in [0.25, 0.3) is 11.0 Å². The van der Waals surface area contributed by atoms with Crippen LogP contribution in [0.1, 0.15) is 30.2 Å². The van der Waals surface area contributed by atoms with E-state index < -0.39 is 0 Å². The van der Waals surface area contributed by atoms with Gasteiger partial charge >= 0.3 is 0 Å². The van der Waals surface area contributed by atoms with Crippen molar-refractivity contribution in [1.82, 2.24) is 19.3 Å². The predicted octanol–water partition coefficient (Wildman–Crippen LogP) is 2.41. The van der Waals surface area contributed by atoms with Gasteiger partial charge in [0.05, 0.1) is 5.69 Å². The van der Waals surface area contributed by atoms with Gasteiger partial charge in [-0.2, -0.15) is 5.10 Å². The first kappa shape index (κ1) is 15.9. The maximum atomic E-state index is 13.1. The fourth-order valence-electron chi connectivity index (χ4n) is 3.73. The summed E-state index contributed by atoms with van der Waals surface area (Å²) in [5.41, 5.74) is 4.82. The number of aromatic nitrogens is 4. The Balaban J connectivity index is 1.88. The molecule has 0 aliphatic carbocycles. The molecule has 3 heterocycles. The molecule has 0 saturated carbocycles. The molecule has 2 aromatic heterocycles. The van der Waals surface area contributed by atoms with Crippen LogP contribution >= 0.6 is 0 Å². The zero-order chi connectivity index (χ0) is 17.6. The number of fused-ring (bicyclic) bond motifs is 2. The molecule has 0 bridgehead atoms. The van der Waals surface area contributed by atoms with E-state index in [1.54, 1.807) is 4.68 Å². The summed E-state index contributed by atoms with van der Waals surface area (Å²) in [6.07, 6.45) is 1.86. The largest absolute Gasteiger partial charge is 0.337 e. The molecule has 0 radical (unpaired) electrons. The minimum Gasteiger partial charge on any atom is -0.337 e. The third-order valence-corrected chi connectivity index (χ3v) is 4.95. The molecule has 0 N–H and O–H groups in total.